The van der Waals surface area contributed by atoms with Crippen molar-refractivity contribution in [3.63, 3.8) is 0 Å². The lowest BCUT2D eigenvalue weighted by atomic mass is 10.0. The molecule has 1 amide bonds. The molecule has 0 aliphatic carbocycles. The van der Waals surface area contributed by atoms with Gasteiger partial charge < -0.3 is 5.32 Å². The third-order valence-corrected chi connectivity index (χ3v) is 3.40. The van der Waals surface area contributed by atoms with E-state index in [9.17, 15) is 4.79 Å². The first-order valence-corrected chi connectivity index (χ1v) is 6.54. The number of amides is 1. The first-order valence-electron chi connectivity index (χ1n) is 6.54. The number of benzene rings is 2. The van der Waals surface area contributed by atoms with Crippen molar-refractivity contribution in [2.24, 2.45) is 0 Å². The molecule has 20 heavy (non-hydrogen) atoms. The van der Waals surface area contributed by atoms with Crippen LogP contribution >= 0.6 is 0 Å². The summed E-state index contributed by atoms with van der Waals surface area (Å²) in [5.74, 6) is 0.300. The second-order valence-electron chi connectivity index (χ2n) is 4.74. The summed E-state index contributed by atoms with van der Waals surface area (Å²) in [5, 5.41) is 10.9. The van der Waals surface area contributed by atoms with Gasteiger partial charge in [-0.05, 0) is 24.6 Å². The van der Waals surface area contributed by atoms with Crippen LogP contribution in [0.2, 0.25) is 0 Å². The minimum atomic E-state index is -0.216. The summed E-state index contributed by atoms with van der Waals surface area (Å²) in [6, 6.07) is 17.4. The number of para-hydroxylation sites is 1. The van der Waals surface area contributed by atoms with Crippen LogP contribution in [0.3, 0.4) is 0 Å². The number of nitrogens with zero attached hydrogens (tertiary/aromatic N) is 1. The lowest BCUT2D eigenvalue weighted by molar-refractivity contribution is -0.117. The van der Waals surface area contributed by atoms with Crippen LogP contribution < -0.4 is 5.32 Å². The van der Waals surface area contributed by atoms with Gasteiger partial charge in [-0.3, -0.25) is 9.89 Å². The van der Waals surface area contributed by atoms with Gasteiger partial charge in [0.25, 0.3) is 0 Å². The number of carbonyl (C=O) groups is 1. The van der Waals surface area contributed by atoms with Crippen molar-refractivity contribution in [3.8, 4) is 0 Å². The molecule has 0 aliphatic heterocycles. The van der Waals surface area contributed by atoms with Crippen molar-refractivity contribution in [2.75, 3.05) is 5.32 Å². The SMILES string of the molecule is CC(C(=O)Nc1n[nH]c2ccccc12)c1ccccc1. The van der Waals surface area contributed by atoms with Gasteiger partial charge in [0.05, 0.1) is 11.4 Å². The monoisotopic (exact) mass is 265 g/mol. The molecule has 0 saturated heterocycles. The van der Waals surface area contributed by atoms with Gasteiger partial charge in [-0.2, -0.15) is 5.10 Å². The summed E-state index contributed by atoms with van der Waals surface area (Å²) >= 11 is 0. The summed E-state index contributed by atoms with van der Waals surface area (Å²) in [6.07, 6.45) is 0. The standard InChI is InChI=1S/C16H15N3O/c1-11(12-7-3-2-4-8-12)16(20)17-15-13-9-5-6-10-14(13)18-19-15/h2-11H,1H3,(H2,17,18,19,20). The molecule has 1 atom stereocenters. The van der Waals surface area contributed by atoms with E-state index in [1.165, 1.54) is 0 Å². The summed E-state index contributed by atoms with van der Waals surface area (Å²) in [7, 11) is 0. The van der Waals surface area contributed by atoms with Crippen LogP contribution in [0, 0.1) is 0 Å². The van der Waals surface area contributed by atoms with Gasteiger partial charge in [0, 0.05) is 5.39 Å². The number of aromatic nitrogens is 2. The maximum Gasteiger partial charge on any atom is 0.232 e. The van der Waals surface area contributed by atoms with Crippen molar-refractivity contribution in [1.29, 1.82) is 0 Å². The highest BCUT2D eigenvalue weighted by Crippen LogP contribution is 2.22. The molecule has 0 bridgehead atoms. The number of hydrogen-bond donors (Lipinski definition) is 2. The van der Waals surface area contributed by atoms with Crippen molar-refractivity contribution < 1.29 is 4.79 Å². The Bertz CT molecular complexity index is 734. The Labute approximate surface area is 116 Å². The molecule has 0 spiro atoms. The van der Waals surface area contributed by atoms with E-state index in [4.69, 9.17) is 0 Å². The molecular formula is C16H15N3O. The number of aromatic amines is 1. The van der Waals surface area contributed by atoms with Crippen LogP contribution in [0.15, 0.2) is 54.6 Å². The largest absolute Gasteiger partial charge is 0.308 e. The highest BCUT2D eigenvalue weighted by molar-refractivity contribution is 6.01. The van der Waals surface area contributed by atoms with E-state index in [2.05, 4.69) is 15.5 Å². The van der Waals surface area contributed by atoms with Crippen molar-refractivity contribution in [2.45, 2.75) is 12.8 Å². The molecule has 3 rings (SSSR count). The van der Waals surface area contributed by atoms with Crippen molar-refractivity contribution in [3.05, 3.63) is 60.2 Å². The Hall–Kier alpha value is -2.62. The molecule has 2 N–H and O–H groups in total. The Kier molecular flexibility index (Phi) is 3.21. The fourth-order valence-corrected chi connectivity index (χ4v) is 2.18. The van der Waals surface area contributed by atoms with Gasteiger partial charge >= 0.3 is 0 Å². The molecule has 0 saturated carbocycles. The number of carbonyl (C=O) groups excluding carboxylic acids is 1. The van der Waals surface area contributed by atoms with Gasteiger partial charge in [0.2, 0.25) is 5.91 Å². The molecule has 1 unspecified atom stereocenters. The lowest BCUT2D eigenvalue weighted by Gasteiger charge is -2.11. The highest BCUT2D eigenvalue weighted by atomic mass is 16.1. The van der Waals surface area contributed by atoms with Crippen LogP contribution in [0.1, 0.15) is 18.4 Å². The van der Waals surface area contributed by atoms with Crippen LogP contribution in [-0.4, -0.2) is 16.1 Å². The topological polar surface area (TPSA) is 57.8 Å². The van der Waals surface area contributed by atoms with E-state index < -0.39 is 0 Å². The number of hydrogen-bond acceptors (Lipinski definition) is 2. The quantitative estimate of drug-likeness (QED) is 0.763. The van der Waals surface area contributed by atoms with E-state index in [1.807, 2.05) is 61.5 Å². The number of rotatable bonds is 3. The Morgan fingerprint density at radius 1 is 1.10 bits per heavy atom. The minimum absolute atomic E-state index is 0.0616. The molecule has 0 radical (unpaired) electrons. The summed E-state index contributed by atoms with van der Waals surface area (Å²) < 4.78 is 0. The van der Waals surface area contributed by atoms with Gasteiger partial charge in [0.15, 0.2) is 5.82 Å². The van der Waals surface area contributed by atoms with Crippen LogP contribution in [0.4, 0.5) is 5.82 Å². The summed E-state index contributed by atoms with van der Waals surface area (Å²) in [5.41, 5.74) is 1.90. The summed E-state index contributed by atoms with van der Waals surface area (Å²) in [6.45, 7) is 1.89. The maximum absolute atomic E-state index is 12.3. The Balaban J connectivity index is 1.82. The van der Waals surface area contributed by atoms with Crippen molar-refractivity contribution >= 4 is 22.6 Å². The first kappa shape index (κ1) is 12.4. The number of anilines is 1. The molecule has 3 aromatic rings. The number of fused-ring (bicyclic) bond motifs is 1. The smallest absolute Gasteiger partial charge is 0.232 e. The van der Waals surface area contributed by atoms with E-state index in [0.717, 1.165) is 16.5 Å². The van der Waals surface area contributed by atoms with Gasteiger partial charge in [-0.25, -0.2) is 0 Å². The van der Waals surface area contributed by atoms with E-state index >= 15 is 0 Å². The third-order valence-electron chi connectivity index (χ3n) is 3.40. The van der Waals surface area contributed by atoms with Gasteiger partial charge in [-0.15, -0.1) is 0 Å². The lowest BCUT2D eigenvalue weighted by Crippen LogP contribution is -2.19. The number of H-pyrrole nitrogens is 1. The number of nitrogens with one attached hydrogen (secondary N) is 2. The Morgan fingerprint density at radius 2 is 1.80 bits per heavy atom. The minimum Gasteiger partial charge on any atom is -0.308 e. The van der Waals surface area contributed by atoms with Crippen molar-refractivity contribution in [1.82, 2.24) is 10.2 Å². The predicted octanol–water partition coefficient (Wildman–Crippen LogP) is 3.31. The molecule has 0 aliphatic rings. The fraction of sp³-hybridized carbons (Fsp3) is 0.125. The zero-order valence-electron chi connectivity index (χ0n) is 11.1. The molecule has 2 aromatic carbocycles. The highest BCUT2D eigenvalue weighted by Gasteiger charge is 2.17. The zero-order chi connectivity index (χ0) is 13.9. The second-order valence-corrected chi connectivity index (χ2v) is 4.74. The van der Waals surface area contributed by atoms with Crippen LogP contribution in [0.5, 0.6) is 0 Å². The van der Waals surface area contributed by atoms with Gasteiger partial charge in [-0.1, -0.05) is 42.5 Å². The van der Waals surface area contributed by atoms with E-state index in [-0.39, 0.29) is 11.8 Å². The molecular weight excluding hydrogens is 250 g/mol. The molecule has 4 heteroatoms. The predicted molar refractivity (Wildman–Crippen MR) is 79.6 cm³/mol. The average molecular weight is 265 g/mol. The normalized spacial score (nSPS) is 12.2. The molecule has 100 valence electrons. The summed E-state index contributed by atoms with van der Waals surface area (Å²) in [4.78, 5) is 12.3. The van der Waals surface area contributed by atoms with Gasteiger partial charge in [0.1, 0.15) is 0 Å². The molecule has 0 fully saturated rings. The first-order chi connectivity index (χ1) is 9.75. The fourth-order valence-electron chi connectivity index (χ4n) is 2.18. The van der Waals surface area contributed by atoms with Crippen LogP contribution in [-0.2, 0) is 4.79 Å². The van der Waals surface area contributed by atoms with E-state index in [0.29, 0.717) is 5.82 Å². The Morgan fingerprint density at radius 3 is 2.60 bits per heavy atom. The van der Waals surface area contributed by atoms with Crippen LogP contribution in [0.25, 0.3) is 10.9 Å². The maximum atomic E-state index is 12.3. The molecule has 4 nitrogen and oxygen atoms in total. The third kappa shape index (κ3) is 2.28. The molecule has 1 heterocycles. The second kappa shape index (κ2) is 5.17. The zero-order valence-corrected chi connectivity index (χ0v) is 11.1. The molecule has 1 aromatic heterocycles. The van der Waals surface area contributed by atoms with E-state index in [1.54, 1.807) is 0 Å². The average Bonchev–Trinajstić information content (AvgIpc) is 2.91.